The largest absolute Gasteiger partial charge is 0.508 e. The van der Waals surface area contributed by atoms with Crippen molar-refractivity contribution in [1.29, 1.82) is 0 Å². The SMILES string of the molecule is Oc1ccc(C2(C(F)(F)F)CC2(F)F)cc1. The highest BCUT2D eigenvalue weighted by Gasteiger charge is 2.84. The first-order valence-electron chi connectivity index (χ1n) is 4.45. The van der Waals surface area contributed by atoms with E-state index >= 15 is 0 Å². The minimum Gasteiger partial charge on any atom is -0.508 e. The number of rotatable bonds is 1. The fraction of sp³-hybridized carbons (Fsp3) is 0.400. The van der Waals surface area contributed by atoms with E-state index in [9.17, 15) is 22.0 Å². The van der Waals surface area contributed by atoms with Gasteiger partial charge in [-0.1, -0.05) is 12.1 Å². The zero-order valence-electron chi connectivity index (χ0n) is 7.85. The third-order valence-corrected chi connectivity index (χ3v) is 2.83. The smallest absolute Gasteiger partial charge is 0.404 e. The van der Waals surface area contributed by atoms with Gasteiger partial charge in [0.05, 0.1) is 0 Å². The molecule has 0 amide bonds. The van der Waals surface area contributed by atoms with Gasteiger partial charge in [-0.05, 0) is 17.7 Å². The molecule has 0 saturated heterocycles. The lowest BCUT2D eigenvalue weighted by molar-refractivity contribution is -0.182. The van der Waals surface area contributed by atoms with Crippen LogP contribution in [0.5, 0.6) is 5.75 Å². The predicted octanol–water partition coefficient (Wildman–Crippen LogP) is 3.23. The van der Waals surface area contributed by atoms with Crippen molar-refractivity contribution < 1.29 is 27.1 Å². The van der Waals surface area contributed by atoms with Crippen LogP contribution in [0.15, 0.2) is 24.3 Å². The average molecular weight is 238 g/mol. The quantitative estimate of drug-likeness (QED) is 0.744. The molecule has 16 heavy (non-hydrogen) atoms. The maximum atomic E-state index is 13.0. The summed E-state index contributed by atoms with van der Waals surface area (Å²) in [4.78, 5) is 0. The Balaban J connectivity index is 2.48. The number of hydrogen-bond acceptors (Lipinski definition) is 1. The molecule has 88 valence electrons. The Bertz CT molecular complexity index is 408. The lowest BCUT2D eigenvalue weighted by atomic mass is 9.94. The summed E-state index contributed by atoms with van der Waals surface area (Å²) in [6, 6.07) is 3.70. The van der Waals surface area contributed by atoms with Crippen molar-refractivity contribution in [3.8, 4) is 5.75 Å². The maximum Gasteiger partial charge on any atom is 0.404 e. The zero-order chi connectivity index (χ0) is 12.2. The van der Waals surface area contributed by atoms with Gasteiger partial charge < -0.3 is 5.11 Å². The molecule has 0 radical (unpaired) electrons. The van der Waals surface area contributed by atoms with E-state index in [4.69, 9.17) is 5.11 Å². The highest BCUT2D eigenvalue weighted by atomic mass is 19.4. The van der Waals surface area contributed by atoms with E-state index in [1.807, 2.05) is 0 Å². The summed E-state index contributed by atoms with van der Waals surface area (Å²) in [7, 11) is 0. The summed E-state index contributed by atoms with van der Waals surface area (Å²) in [5.74, 6) is -4.02. The molecule has 1 unspecified atom stereocenters. The van der Waals surface area contributed by atoms with Gasteiger partial charge in [0.25, 0.3) is 5.92 Å². The van der Waals surface area contributed by atoms with E-state index in [1.54, 1.807) is 0 Å². The van der Waals surface area contributed by atoms with Crippen molar-refractivity contribution in [2.24, 2.45) is 0 Å². The fourth-order valence-electron chi connectivity index (χ4n) is 1.82. The number of phenols is 1. The van der Waals surface area contributed by atoms with Crippen molar-refractivity contribution >= 4 is 0 Å². The number of hydrogen-bond donors (Lipinski definition) is 1. The molecule has 1 saturated carbocycles. The molecule has 1 fully saturated rings. The normalized spacial score (nSPS) is 27.8. The summed E-state index contributed by atoms with van der Waals surface area (Å²) in [6.45, 7) is 0. The van der Waals surface area contributed by atoms with E-state index < -0.39 is 29.5 Å². The molecule has 1 aromatic carbocycles. The van der Waals surface area contributed by atoms with E-state index in [0.29, 0.717) is 0 Å². The summed E-state index contributed by atoms with van der Waals surface area (Å²) in [5, 5.41) is 8.91. The molecule has 1 atom stereocenters. The van der Waals surface area contributed by atoms with E-state index in [1.165, 1.54) is 0 Å². The minimum absolute atomic E-state index is 0.259. The van der Waals surface area contributed by atoms with Crippen LogP contribution in [0.1, 0.15) is 12.0 Å². The number of phenolic OH excluding ortho intramolecular Hbond substituents is 1. The molecular formula is C10H7F5O. The van der Waals surface area contributed by atoms with Crippen LogP contribution in [0.3, 0.4) is 0 Å². The van der Waals surface area contributed by atoms with Gasteiger partial charge in [-0.15, -0.1) is 0 Å². The summed E-state index contributed by atoms with van der Waals surface area (Å²) < 4.78 is 63.8. The monoisotopic (exact) mass is 238 g/mol. The lowest BCUT2D eigenvalue weighted by Gasteiger charge is -2.20. The predicted molar refractivity (Wildman–Crippen MR) is 45.4 cm³/mol. The Morgan fingerprint density at radius 2 is 1.50 bits per heavy atom. The van der Waals surface area contributed by atoms with Crippen LogP contribution in [0.4, 0.5) is 22.0 Å². The topological polar surface area (TPSA) is 20.2 Å². The average Bonchev–Trinajstić information content (AvgIpc) is 2.71. The molecule has 0 aliphatic heterocycles. The number of benzene rings is 1. The highest BCUT2D eigenvalue weighted by Crippen LogP contribution is 2.68. The standard InChI is InChI=1S/C10H7F5O/c11-9(12)5-8(9,10(13,14)15)6-1-3-7(16)4-2-6/h1-4,16H,5H2. The summed E-state index contributed by atoms with van der Waals surface area (Å²) in [5.41, 5.74) is -3.59. The van der Waals surface area contributed by atoms with E-state index in [-0.39, 0.29) is 5.75 Å². The molecule has 0 aromatic heterocycles. The fourth-order valence-corrected chi connectivity index (χ4v) is 1.82. The van der Waals surface area contributed by atoms with Gasteiger partial charge >= 0.3 is 6.18 Å². The zero-order valence-corrected chi connectivity index (χ0v) is 7.85. The van der Waals surface area contributed by atoms with Crippen molar-refractivity contribution in [1.82, 2.24) is 0 Å². The second-order valence-corrected chi connectivity index (χ2v) is 3.83. The van der Waals surface area contributed by atoms with Gasteiger partial charge in [0.1, 0.15) is 5.75 Å². The maximum absolute atomic E-state index is 13.0. The molecule has 0 heterocycles. The number of halogens is 5. The molecule has 6 heteroatoms. The third kappa shape index (κ3) is 1.28. The van der Waals surface area contributed by atoms with Crippen LogP contribution in [0.2, 0.25) is 0 Å². The molecule has 1 aliphatic carbocycles. The van der Waals surface area contributed by atoms with Crippen molar-refractivity contribution in [3.63, 3.8) is 0 Å². The van der Waals surface area contributed by atoms with Crippen LogP contribution in [-0.4, -0.2) is 17.2 Å². The van der Waals surface area contributed by atoms with Crippen molar-refractivity contribution in [3.05, 3.63) is 29.8 Å². The van der Waals surface area contributed by atoms with Crippen LogP contribution in [-0.2, 0) is 5.41 Å². The van der Waals surface area contributed by atoms with Crippen LogP contribution in [0, 0.1) is 0 Å². The van der Waals surface area contributed by atoms with Gasteiger partial charge in [-0.25, -0.2) is 8.78 Å². The Hall–Kier alpha value is -1.33. The van der Waals surface area contributed by atoms with Gasteiger partial charge in [-0.3, -0.25) is 0 Å². The lowest BCUT2D eigenvalue weighted by Crippen LogP contribution is -2.34. The minimum atomic E-state index is -4.99. The Morgan fingerprint density at radius 1 is 1.06 bits per heavy atom. The van der Waals surface area contributed by atoms with Crippen LogP contribution in [0.25, 0.3) is 0 Å². The van der Waals surface area contributed by atoms with E-state index in [0.717, 1.165) is 24.3 Å². The van der Waals surface area contributed by atoms with Gasteiger partial charge in [0.2, 0.25) is 0 Å². The summed E-state index contributed by atoms with van der Waals surface area (Å²) in [6.07, 6.45) is -6.22. The first-order chi connectivity index (χ1) is 7.21. The summed E-state index contributed by atoms with van der Waals surface area (Å²) >= 11 is 0. The highest BCUT2D eigenvalue weighted by molar-refractivity contribution is 5.42. The second-order valence-electron chi connectivity index (χ2n) is 3.83. The number of aromatic hydroxyl groups is 1. The van der Waals surface area contributed by atoms with Crippen LogP contribution >= 0.6 is 0 Å². The molecule has 1 N–H and O–H groups in total. The molecule has 1 nitrogen and oxygen atoms in total. The van der Waals surface area contributed by atoms with Gasteiger partial charge in [0.15, 0.2) is 5.41 Å². The van der Waals surface area contributed by atoms with Crippen molar-refractivity contribution in [2.45, 2.75) is 23.9 Å². The molecule has 1 aliphatic rings. The van der Waals surface area contributed by atoms with Crippen LogP contribution < -0.4 is 0 Å². The molecular weight excluding hydrogens is 231 g/mol. The Kier molecular flexibility index (Phi) is 2.00. The van der Waals surface area contributed by atoms with Gasteiger partial charge in [-0.2, -0.15) is 13.2 Å². The molecule has 1 aromatic rings. The Labute approximate surface area is 87.5 Å². The van der Waals surface area contributed by atoms with Crippen molar-refractivity contribution in [2.75, 3.05) is 0 Å². The first kappa shape index (κ1) is 11.2. The van der Waals surface area contributed by atoms with E-state index in [2.05, 4.69) is 0 Å². The molecule has 0 bridgehead atoms. The first-order valence-corrected chi connectivity index (χ1v) is 4.45. The molecule has 0 spiro atoms. The Morgan fingerprint density at radius 3 is 1.81 bits per heavy atom. The number of alkyl halides is 5. The van der Waals surface area contributed by atoms with Gasteiger partial charge in [0, 0.05) is 6.42 Å². The second kappa shape index (κ2) is 2.87. The third-order valence-electron chi connectivity index (χ3n) is 2.83. The molecule has 2 rings (SSSR count).